The van der Waals surface area contributed by atoms with Crippen LogP contribution in [0.2, 0.25) is 0 Å². The van der Waals surface area contributed by atoms with E-state index in [0.717, 1.165) is 49.4 Å². The summed E-state index contributed by atoms with van der Waals surface area (Å²) in [6.45, 7) is 5.51. The third-order valence-corrected chi connectivity index (χ3v) is 6.33. The van der Waals surface area contributed by atoms with Gasteiger partial charge in [-0.1, -0.05) is 30.3 Å². The van der Waals surface area contributed by atoms with Crippen molar-refractivity contribution in [2.45, 2.75) is 32.9 Å². The molecule has 0 N–H and O–H groups in total. The van der Waals surface area contributed by atoms with E-state index in [4.69, 9.17) is 4.74 Å². The Labute approximate surface area is 212 Å². The molecule has 0 bridgehead atoms. The molecule has 1 aromatic carbocycles. The molecule has 2 amide bonds. The average molecular weight is 488 g/mol. The molecule has 3 heterocycles. The quantitative estimate of drug-likeness (QED) is 0.557. The first-order chi connectivity index (χ1) is 17.5. The van der Waals surface area contributed by atoms with Crippen LogP contribution < -0.4 is 9.64 Å². The van der Waals surface area contributed by atoms with Crippen molar-refractivity contribution in [3.05, 3.63) is 83.8 Å². The van der Waals surface area contributed by atoms with Crippen LogP contribution in [0, 0.1) is 0 Å². The minimum Gasteiger partial charge on any atom is -0.481 e. The van der Waals surface area contributed by atoms with Crippen LogP contribution >= 0.6 is 0 Å². The predicted octanol–water partition coefficient (Wildman–Crippen LogP) is 3.78. The SMILES string of the molecule is COc1cccc(C(=O)N2CCCN(Cc3ccccn3)CCCN(C(C)=O)c3ccccc3C2)n1. The number of carbonyl (C=O) groups excluding carboxylic acids is 2. The van der Waals surface area contributed by atoms with Crippen molar-refractivity contribution in [3.8, 4) is 5.88 Å². The Hall–Kier alpha value is -3.78. The zero-order chi connectivity index (χ0) is 25.3. The topological polar surface area (TPSA) is 78.9 Å². The minimum atomic E-state index is -0.161. The fourth-order valence-electron chi connectivity index (χ4n) is 4.55. The van der Waals surface area contributed by atoms with E-state index >= 15 is 0 Å². The Bertz CT molecular complexity index is 1170. The molecule has 0 aliphatic carbocycles. The Kier molecular flexibility index (Phi) is 8.62. The van der Waals surface area contributed by atoms with Gasteiger partial charge in [0.1, 0.15) is 5.69 Å². The molecule has 0 atom stereocenters. The summed E-state index contributed by atoms with van der Waals surface area (Å²) >= 11 is 0. The smallest absolute Gasteiger partial charge is 0.272 e. The summed E-state index contributed by atoms with van der Waals surface area (Å²) in [5, 5.41) is 0. The van der Waals surface area contributed by atoms with Crippen LogP contribution in [0.4, 0.5) is 5.69 Å². The summed E-state index contributed by atoms with van der Waals surface area (Å²) in [6.07, 6.45) is 3.46. The lowest BCUT2D eigenvalue weighted by molar-refractivity contribution is -0.116. The van der Waals surface area contributed by atoms with Gasteiger partial charge in [-0.25, -0.2) is 4.98 Å². The molecule has 3 aromatic rings. The van der Waals surface area contributed by atoms with Crippen LogP contribution in [0.15, 0.2) is 66.9 Å². The van der Waals surface area contributed by atoms with Gasteiger partial charge in [0.25, 0.3) is 5.91 Å². The molecular formula is C28H33N5O3. The number of amides is 2. The Balaban J connectivity index is 1.64. The standard InChI is InChI=1S/C28H33N5O3/c1-22(34)33-19-9-17-31(21-24-11-5-6-15-29-24)16-8-18-32(20-23-10-3-4-13-26(23)33)28(35)25-12-7-14-27(30-25)36-2/h3-7,10-15H,8-9,16-21H2,1-2H3. The zero-order valence-corrected chi connectivity index (χ0v) is 21.0. The molecule has 0 fully saturated rings. The van der Waals surface area contributed by atoms with Crippen molar-refractivity contribution in [3.63, 3.8) is 0 Å². The van der Waals surface area contributed by atoms with Gasteiger partial charge in [0.2, 0.25) is 11.8 Å². The van der Waals surface area contributed by atoms with Gasteiger partial charge in [0, 0.05) is 64.1 Å². The molecule has 36 heavy (non-hydrogen) atoms. The van der Waals surface area contributed by atoms with Crippen molar-refractivity contribution in [1.82, 2.24) is 19.8 Å². The van der Waals surface area contributed by atoms with Crippen molar-refractivity contribution in [2.24, 2.45) is 0 Å². The number of carbonyl (C=O) groups is 2. The third kappa shape index (κ3) is 6.46. The third-order valence-electron chi connectivity index (χ3n) is 6.33. The van der Waals surface area contributed by atoms with Gasteiger partial charge in [0.15, 0.2) is 0 Å². The molecule has 8 heteroatoms. The van der Waals surface area contributed by atoms with Gasteiger partial charge >= 0.3 is 0 Å². The van der Waals surface area contributed by atoms with Gasteiger partial charge in [-0.15, -0.1) is 0 Å². The highest BCUT2D eigenvalue weighted by atomic mass is 16.5. The van der Waals surface area contributed by atoms with Gasteiger partial charge in [0.05, 0.1) is 12.8 Å². The first-order valence-electron chi connectivity index (χ1n) is 12.3. The normalized spacial score (nSPS) is 15.4. The molecule has 0 unspecified atom stereocenters. The van der Waals surface area contributed by atoms with Crippen LogP contribution in [-0.2, 0) is 17.9 Å². The second-order valence-electron chi connectivity index (χ2n) is 8.90. The summed E-state index contributed by atoms with van der Waals surface area (Å²) in [5.41, 5.74) is 3.13. The molecule has 8 nitrogen and oxygen atoms in total. The van der Waals surface area contributed by atoms with E-state index < -0.39 is 0 Å². The second kappa shape index (κ2) is 12.3. The van der Waals surface area contributed by atoms with E-state index in [1.807, 2.05) is 58.5 Å². The number of benzene rings is 1. The van der Waals surface area contributed by atoms with Crippen LogP contribution in [0.1, 0.15) is 41.5 Å². The van der Waals surface area contributed by atoms with Gasteiger partial charge in [-0.2, -0.15) is 0 Å². The minimum absolute atomic E-state index is 0.0110. The largest absolute Gasteiger partial charge is 0.481 e. The van der Waals surface area contributed by atoms with Crippen LogP contribution in [0.5, 0.6) is 5.88 Å². The van der Waals surface area contributed by atoms with Crippen molar-refractivity contribution >= 4 is 17.5 Å². The maximum Gasteiger partial charge on any atom is 0.272 e. The van der Waals surface area contributed by atoms with Crippen LogP contribution in [0.3, 0.4) is 0 Å². The predicted molar refractivity (Wildman–Crippen MR) is 139 cm³/mol. The fraction of sp³-hybridized carbons (Fsp3) is 0.357. The Morgan fingerprint density at radius 2 is 1.69 bits per heavy atom. The van der Waals surface area contributed by atoms with E-state index in [1.54, 1.807) is 25.1 Å². The summed E-state index contributed by atoms with van der Waals surface area (Å²) < 4.78 is 5.23. The lowest BCUT2D eigenvalue weighted by atomic mass is 10.1. The molecule has 0 saturated heterocycles. The number of aromatic nitrogens is 2. The lowest BCUT2D eigenvalue weighted by Gasteiger charge is -2.31. The van der Waals surface area contributed by atoms with Crippen LogP contribution in [-0.4, -0.2) is 64.9 Å². The number of hydrogen-bond acceptors (Lipinski definition) is 6. The fourth-order valence-corrected chi connectivity index (χ4v) is 4.55. The number of anilines is 1. The summed E-state index contributed by atoms with van der Waals surface area (Å²) in [7, 11) is 1.54. The maximum absolute atomic E-state index is 13.6. The van der Waals surface area contributed by atoms with E-state index in [0.29, 0.717) is 31.2 Å². The average Bonchev–Trinajstić information content (AvgIpc) is 2.90. The molecule has 0 spiro atoms. The first-order valence-corrected chi connectivity index (χ1v) is 12.3. The molecular weight excluding hydrogens is 454 g/mol. The van der Waals surface area contributed by atoms with E-state index in [9.17, 15) is 9.59 Å². The van der Waals surface area contributed by atoms with Gasteiger partial charge in [-0.05, 0) is 42.7 Å². The van der Waals surface area contributed by atoms with Crippen molar-refractivity contribution in [2.75, 3.05) is 38.2 Å². The summed E-state index contributed by atoms with van der Waals surface area (Å²) in [4.78, 5) is 41.1. The highest BCUT2D eigenvalue weighted by Crippen LogP contribution is 2.24. The monoisotopic (exact) mass is 487 g/mol. The molecule has 1 aliphatic heterocycles. The van der Waals surface area contributed by atoms with Crippen LogP contribution in [0.25, 0.3) is 0 Å². The number of para-hydroxylation sites is 1. The van der Waals surface area contributed by atoms with E-state index in [2.05, 4.69) is 14.9 Å². The number of rotatable bonds is 4. The second-order valence-corrected chi connectivity index (χ2v) is 8.90. The highest BCUT2D eigenvalue weighted by Gasteiger charge is 2.23. The Morgan fingerprint density at radius 1 is 0.917 bits per heavy atom. The number of pyridine rings is 2. The number of ether oxygens (including phenoxy) is 1. The highest BCUT2D eigenvalue weighted by molar-refractivity contribution is 5.94. The molecule has 1 aliphatic rings. The van der Waals surface area contributed by atoms with Crippen molar-refractivity contribution < 1.29 is 14.3 Å². The molecule has 0 saturated carbocycles. The van der Waals surface area contributed by atoms with Crippen molar-refractivity contribution in [1.29, 1.82) is 0 Å². The number of fused-ring (bicyclic) bond motifs is 1. The summed E-state index contributed by atoms with van der Waals surface area (Å²) in [5.74, 6) is 0.231. The zero-order valence-electron chi connectivity index (χ0n) is 21.0. The molecule has 188 valence electrons. The lowest BCUT2D eigenvalue weighted by Crippen LogP contribution is -2.38. The summed E-state index contributed by atoms with van der Waals surface area (Å²) in [6, 6.07) is 19.0. The molecule has 0 radical (unpaired) electrons. The molecule has 2 aromatic heterocycles. The number of nitrogens with zero attached hydrogens (tertiary/aromatic N) is 5. The number of methoxy groups -OCH3 is 1. The molecule has 4 rings (SSSR count). The van der Waals surface area contributed by atoms with Gasteiger partial charge in [-0.3, -0.25) is 19.5 Å². The number of hydrogen-bond donors (Lipinski definition) is 0. The first kappa shape index (κ1) is 25.3. The van der Waals surface area contributed by atoms with E-state index in [-0.39, 0.29) is 11.8 Å². The van der Waals surface area contributed by atoms with E-state index in [1.165, 1.54) is 7.11 Å². The van der Waals surface area contributed by atoms with Gasteiger partial charge < -0.3 is 14.5 Å². The Morgan fingerprint density at radius 3 is 2.44 bits per heavy atom. The maximum atomic E-state index is 13.6.